The Bertz CT molecular complexity index is 4280. The molecule has 0 bridgehead atoms. The first kappa shape index (κ1) is 94.0. The molecule has 15 amide bonds. The number of likely N-dealkylation sites (N-methyl/N-ethyl adjacent to an activating group) is 1. The van der Waals surface area contributed by atoms with Crippen LogP contribution in [-0.4, -0.2) is 251 Å². The number of carbonyl (C=O) groups excluding carboxylic acids is 16. The highest BCUT2D eigenvalue weighted by molar-refractivity contribution is 9.10. The van der Waals surface area contributed by atoms with Gasteiger partial charge in [0.2, 0.25) is 89.1 Å². The molecule has 0 radical (unpaired) electrons. The van der Waals surface area contributed by atoms with Gasteiger partial charge >= 0.3 is 5.97 Å². The second kappa shape index (κ2) is 41.6. The summed E-state index contributed by atoms with van der Waals surface area (Å²) in [6, 6.07) is -7.17. The number of nitrogens with zero attached hydrogens (tertiary/aromatic N) is 4. The zero-order chi connectivity index (χ0) is 86.6. The van der Waals surface area contributed by atoms with Crippen molar-refractivity contribution in [2.75, 3.05) is 32.4 Å². The number of hydrogen-bond donors (Lipinski definition) is 16. The molecule has 0 saturated carbocycles. The molecule has 0 spiro atoms. The molecule has 3 fully saturated rings. The van der Waals surface area contributed by atoms with E-state index in [1.165, 1.54) is 16.7 Å². The van der Waals surface area contributed by atoms with Crippen LogP contribution in [0.4, 0.5) is 0 Å². The van der Waals surface area contributed by atoms with Crippen molar-refractivity contribution in [2.45, 2.75) is 231 Å². The minimum Gasteiger partial charge on any atom is -0.458 e. The molecular formula is C75H110BrN19O20S. The van der Waals surface area contributed by atoms with Crippen molar-refractivity contribution in [2.24, 2.45) is 44.7 Å². The molecule has 20 N–H and O–H groups in total. The molecular weight excluding hydrogens is 1600 g/mol. The van der Waals surface area contributed by atoms with Gasteiger partial charge in [0, 0.05) is 67.5 Å². The summed E-state index contributed by atoms with van der Waals surface area (Å²) in [4.78, 5) is 237. The van der Waals surface area contributed by atoms with Gasteiger partial charge in [0.1, 0.15) is 90.4 Å². The highest BCUT2D eigenvalue weighted by atomic mass is 79.9. The Kier molecular flexibility index (Phi) is 33.7. The topological polar surface area (TPSA) is 599 Å². The largest absolute Gasteiger partial charge is 0.458 e. The summed E-state index contributed by atoms with van der Waals surface area (Å²) in [5.74, 6) is -18.4. The third kappa shape index (κ3) is 26.3. The number of esters is 1. The van der Waals surface area contributed by atoms with Crippen LogP contribution in [0.5, 0.6) is 0 Å². The Labute approximate surface area is 680 Å². The lowest BCUT2D eigenvalue weighted by atomic mass is 9.80. The first-order chi connectivity index (χ1) is 54.3. The number of hydrogen-bond acceptors (Lipinski definition) is 20. The van der Waals surface area contributed by atoms with E-state index in [9.17, 15) is 65.7 Å². The summed E-state index contributed by atoms with van der Waals surface area (Å²) < 4.78 is 43.0. The lowest BCUT2D eigenvalue weighted by Crippen LogP contribution is -2.64. The number of amides is 15. The van der Waals surface area contributed by atoms with Gasteiger partial charge in [-0.05, 0) is 111 Å². The number of likely N-dealkylation sites (tertiary alicyclic amines) is 1. The zero-order valence-corrected chi connectivity index (χ0v) is 69.2. The highest BCUT2D eigenvalue weighted by Crippen LogP contribution is 2.30. The summed E-state index contributed by atoms with van der Waals surface area (Å²) in [5, 5.41) is 26.1. The van der Waals surface area contributed by atoms with Crippen LogP contribution >= 0.6 is 15.9 Å². The number of guanidine groups is 1. The molecule has 41 heteroatoms. The van der Waals surface area contributed by atoms with Gasteiger partial charge in [-0.25, -0.2) is 4.79 Å². The summed E-state index contributed by atoms with van der Waals surface area (Å²) in [6.45, 7) is 15.5. The van der Waals surface area contributed by atoms with E-state index in [1.807, 2.05) is 0 Å². The lowest BCUT2D eigenvalue weighted by Gasteiger charge is -2.38. The molecule has 116 heavy (non-hydrogen) atoms. The van der Waals surface area contributed by atoms with Gasteiger partial charge in [-0.15, -0.1) is 0 Å². The van der Waals surface area contributed by atoms with E-state index in [1.54, 1.807) is 110 Å². The van der Waals surface area contributed by atoms with Crippen molar-refractivity contribution >= 4 is 138 Å². The van der Waals surface area contributed by atoms with Crippen molar-refractivity contribution in [1.82, 2.24) is 72.9 Å². The van der Waals surface area contributed by atoms with Crippen LogP contribution in [0.15, 0.2) is 64.2 Å². The van der Waals surface area contributed by atoms with Gasteiger partial charge in [0.25, 0.3) is 10.1 Å². The van der Waals surface area contributed by atoms with E-state index in [-0.39, 0.29) is 64.6 Å². The average molecular weight is 1710 g/mol. The summed E-state index contributed by atoms with van der Waals surface area (Å²) in [5.41, 5.74) is 21.7. The van der Waals surface area contributed by atoms with E-state index in [2.05, 4.69) is 79.1 Å². The van der Waals surface area contributed by atoms with Gasteiger partial charge in [-0.2, -0.15) is 8.42 Å². The van der Waals surface area contributed by atoms with Gasteiger partial charge in [-0.3, -0.25) is 81.5 Å². The highest BCUT2D eigenvalue weighted by Gasteiger charge is 2.48. The number of para-hydroxylation sites is 1. The monoisotopic (exact) mass is 1710 g/mol. The maximum Gasteiger partial charge on any atom is 0.329 e. The standard InChI is InChI=1S/C75H110BrN19O20S/c1-12-75(9,10)59(92-67(106)58(74(6,7)8)91-66(105)53-22-16-30-94(53)69(108)48(86-60(99)39(4)83-37-96)32-41-23-25-43(76)26-24-41)68(107)85-47(33-42-35-82-45-19-14-13-18-44(42)45)62(101)84-46(20-15-29-81-73(79)80)61(100)88-50(36-116(112,113)114)63(102)90-57-40(5)115-72(111)49(34-55(78)98)87-65(104)52-21-17-31-95(52)71(110)56(38(2)3)89-64(103)51(27-28-54(77)97)93(11)70(57)109/h13-14,18-19,23-26,35,37-40,46-53,56-59,82H,12,15-17,20-22,27-34,36H2,1-11H3,(H2,77,97)(H2,78,98)(H,83,96)(H,84,101)(H,85,107)(H,86,99)(H,87,104)(H,88,100)(H,89,103)(H,90,102)(H,91,105)(H,92,106)(H4,79,80,81)(H,112,113,114)/t39-,40-,46+,47?,48+,49-,50-,51?,52+,53?,56?,57?,58?,59?/m1/s1. The third-order valence-electron chi connectivity index (χ3n) is 20.7. The number of cyclic esters (lactones) is 1. The van der Waals surface area contributed by atoms with Crippen LogP contribution in [0.25, 0.3) is 10.9 Å². The number of aliphatic imine (C=N–C) groups is 1. The fourth-order valence-corrected chi connectivity index (χ4v) is 14.6. The Morgan fingerprint density at radius 3 is 1.97 bits per heavy atom. The van der Waals surface area contributed by atoms with E-state index in [0.29, 0.717) is 39.8 Å². The molecule has 3 aliphatic rings. The molecule has 14 atom stereocenters. The molecule has 4 heterocycles. The quantitative estimate of drug-likeness (QED) is 0.00706. The average Bonchev–Trinajstić information content (AvgIpc) is 1.64. The van der Waals surface area contributed by atoms with E-state index >= 15 is 24.0 Å². The fraction of sp³-hybridized carbons (Fsp3) is 0.587. The molecule has 3 aromatic rings. The van der Waals surface area contributed by atoms with Crippen molar-refractivity contribution < 1.29 is 94.4 Å². The molecule has 3 saturated heterocycles. The predicted molar refractivity (Wildman–Crippen MR) is 424 cm³/mol. The maximum absolute atomic E-state index is 15.4. The normalized spacial score (nSPS) is 21.0. The Hall–Kier alpha value is -10.8. The molecule has 638 valence electrons. The van der Waals surface area contributed by atoms with Gasteiger partial charge in [0.05, 0.1) is 6.42 Å². The van der Waals surface area contributed by atoms with Crippen molar-refractivity contribution in [3.05, 3.63) is 70.3 Å². The number of halogens is 1. The molecule has 7 unspecified atom stereocenters. The van der Waals surface area contributed by atoms with Crippen LogP contribution in [-0.2, 0) is 104 Å². The number of aromatic nitrogens is 1. The molecule has 2 aromatic carbocycles. The number of fused-ring (bicyclic) bond motifs is 2. The number of H-pyrrole nitrogens is 1. The first-order valence-corrected chi connectivity index (χ1v) is 40.6. The zero-order valence-electron chi connectivity index (χ0n) is 66.8. The number of nitrogens with one attached hydrogen (secondary N) is 11. The van der Waals surface area contributed by atoms with Gasteiger partial charge < -0.3 is 101 Å². The van der Waals surface area contributed by atoms with Crippen molar-refractivity contribution in [3.8, 4) is 0 Å². The Morgan fingerprint density at radius 2 is 1.35 bits per heavy atom. The first-order valence-electron chi connectivity index (χ1n) is 38.1. The summed E-state index contributed by atoms with van der Waals surface area (Å²) >= 11 is 3.40. The van der Waals surface area contributed by atoms with E-state index in [4.69, 9.17) is 27.7 Å². The molecule has 0 aliphatic carbocycles. The van der Waals surface area contributed by atoms with E-state index < -0.39 is 238 Å². The number of benzene rings is 2. The van der Waals surface area contributed by atoms with Gasteiger partial charge in [0.15, 0.2) is 5.96 Å². The summed E-state index contributed by atoms with van der Waals surface area (Å²) in [7, 11) is -4.37. The molecule has 3 aliphatic heterocycles. The second-order valence-corrected chi connectivity index (χ2v) is 33.8. The number of carbonyl (C=O) groups is 16. The number of nitrogens with two attached hydrogens (primary N) is 4. The van der Waals surface area contributed by atoms with Crippen LogP contribution in [0.2, 0.25) is 0 Å². The van der Waals surface area contributed by atoms with Crippen molar-refractivity contribution in [3.63, 3.8) is 0 Å². The van der Waals surface area contributed by atoms with Crippen LogP contribution in [0, 0.1) is 16.7 Å². The van der Waals surface area contributed by atoms with Crippen LogP contribution in [0.1, 0.15) is 145 Å². The molecule has 6 rings (SSSR count). The smallest absolute Gasteiger partial charge is 0.329 e. The maximum atomic E-state index is 15.4. The van der Waals surface area contributed by atoms with Crippen LogP contribution in [0.3, 0.4) is 0 Å². The Balaban J connectivity index is 1.35. The fourth-order valence-electron chi connectivity index (χ4n) is 13.7. The van der Waals surface area contributed by atoms with E-state index in [0.717, 1.165) is 18.4 Å². The minimum atomic E-state index is -5.40. The van der Waals surface area contributed by atoms with Gasteiger partial charge in [-0.1, -0.05) is 102 Å². The van der Waals surface area contributed by atoms with Crippen molar-refractivity contribution in [1.29, 1.82) is 0 Å². The SMILES string of the molecule is CCC(C)(C)C(NC(=O)C(NC(=O)C1CCCN1C(=O)[C@H](Cc1ccc(Br)cc1)NC(=O)[C@@H](C)NC=O)C(C)(C)C)C(=O)NC(Cc1c[nH]c2ccccc12)C(=O)N[C@@H](CCCN=C(N)N)C(=O)N[C@H](CS(=O)(=O)O)C(=O)NC1C(=O)N(C)C(CCC(N)=O)C(=O)NC(C(C)C)C(=O)N2CCC[C@H]2C(=O)N[C@H](CC(N)=O)C(=O)O[C@@H]1C. The molecule has 1 aromatic heterocycles. The predicted octanol–water partition coefficient (Wildman–Crippen LogP) is -2.81. The summed E-state index contributed by atoms with van der Waals surface area (Å²) in [6.07, 6.45) is -2.02. The number of primary amides is 2. The number of ether oxygens (including phenoxy) is 1. The van der Waals surface area contributed by atoms with Crippen LogP contribution < -0.4 is 76.1 Å². The number of rotatable bonds is 35. The second-order valence-electron chi connectivity index (χ2n) is 31.4. The lowest BCUT2D eigenvalue weighted by molar-refractivity contribution is -0.159. The third-order valence-corrected chi connectivity index (χ3v) is 22.0. The minimum absolute atomic E-state index is 0.00569. The Morgan fingerprint density at radius 1 is 0.733 bits per heavy atom. The number of aromatic amines is 1. The molecule has 39 nitrogen and oxygen atoms in total.